The number of carbonyl (C=O) groups excluding carboxylic acids is 1. The number of carbonyl (C=O) groups is 1. The molecule has 148 valence electrons. The molecule has 9 heteroatoms. The topological polar surface area (TPSA) is 124 Å². The molecule has 1 aliphatic rings. The molecular weight excluding hydrogens is 382 g/mol. The van der Waals surface area contributed by atoms with Crippen LogP contribution in [0.5, 0.6) is 0 Å². The molecule has 2 N–H and O–H groups in total. The summed E-state index contributed by atoms with van der Waals surface area (Å²) in [6.45, 7) is 1.01. The van der Waals surface area contributed by atoms with Gasteiger partial charge in [-0.15, -0.1) is 0 Å². The number of rotatable bonds is 4. The summed E-state index contributed by atoms with van der Waals surface area (Å²) in [5, 5.41) is 3.88. The van der Waals surface area contributed by atoms with Crippen LogP contribution in [0.15, 0.2) is 59.1 Å². The Hall–Kier alpha value is -4.14. The van der Waals surface area contributed by atoms with Crippen molar-refractivity contribution in [1.29, 1.82) is 0 Å². The Balaban J connectivity index is 1.37. The summed E-state index contributed by atoms with van der Waals surface area (Å²) < 4.78 is 5.20. The summed E-state index contributed by atoms with van der Waals surface area (Å²) in [5.41, 5.74) is 9.10. The molecule has 0 aliphatic carbocycles. The first-order chi connectivity index (χ1) is 14.7. The molecule has 0 fully saturated rings. The summed E-state index contributed by atoms with van der Waals surface area (Å²) in [6.07, 6.45) is 0.482. The van der Waals surface area contributed by atoms with Gasteiger partial charge in [-0.3, -0.25) is 4.79 Å². The average Bonchev–Trinajstić information content (AvgIpc) is 3.41. The van der Waals surface area contributed by atoms with Crippen molar-refractivity contribution < 1.29 is 9.32 Å². The second-order valence-corrected chi connectivity index (χ2v) is 6.95. The lowest BCUT2D eigenvalue weighted by Crippen LogP contribution is -2.25. The van der Waals surface area contributed by atoms with Gasteiger partial charge in [-0.1, -0.05) is 59.8 Å². The van der Waals surface area contributed by atoms with Crippen LogP contribution < -0.4 is 5.73 Å². The standard InChI is InChI=1S/C21H17N7O2/c22-21-24-16(10-13-6-2-1-3-7-13)23-17(26-21)18-25-19(30-27-18)20(29)28-11-14-8-4-5-9-15(14)12-28/h1-9H,10-12H2,(H2,22,23,24,26). The van der Waals surface area contributed by atoms with E-state index >= 15 is 0 Å². The van der Waals surface area contributed by atoms with Gasteiger partial charge in [0, 0.05) is 19.5 Å². The molecule has 4 aromatic rings. The zero-order valence-corrected chi connectivity index (χ0v) is 15.9. The van der Waals surface area contributed by atoms with Gasteiger partial charge in [-0.05, 0) is 16.7 Å². The third kappa shape index (κ3) is 3.48. The molecule has 9 nitrogen and oxygen atoms in total. The Bertz CT molecular complexity index is 1200. The summed E-state index contributed by atoms with van der Waals surface area (Å²) in [7, 11) is 0. The van der Waals surface area contributed by atoms with E-state index in [1.54, 1.807) is 4.90 Å². The summed E-state index contributed by atoms with van der Waals surface area (Å²) >= 11 is 0. The molecule has 2 aromatic heterocycles. The molecule has 3 heterocycles. The van der Waals surface area contributed by atoms with Crippen LogP contribution in [0.4, 0.5) is 5.95 Å². The SMILES string of the molecule is Nc1nc(Cc2ccccc2)nc(-c2noc(C(=O)N3Cc4ccccc4C3)n2)n1. The van der Waals surface area contributed by atoms with Crippen LogP contribution in [-0.2, 0) is 19.5 Å². The predicted octanol–water partition coefficient (Wildman–Crippen LogP) is 2.25. The largest absolute Gasteiger partial charge is 0.368 e. The summed E-state index contributed by atoms with van der Waals surface area (Å²) in [4.78, 5) is 31.3. The van der Waals surface area contributed by atoms with Gasteiger partial charge < -0.3 is 15.2 Å². The molecule has 5 rings (SSSR count). The smallest absolute Gasteiger partial charge is 0.316 e. The number of amides is 1. The maximum absolute atomic E-state index is 12.8. The van der Waals surface area contributed by atoms with Gasteiger partial charge in [0.25, 0.3) is 0 Å². The zero-order chi connectivity index (χ0) is 20.5. The van der Waals surface area contributed by atoms with Crippen LogP contribution in [0.1, 0.15) is 33.2 Å². The highest BCUT2D eigenvalue weighted by Gasteiger charge is 2.28. The van der Waals surface area contributed by atoms with E-state index in [1.807, 2.05) is 54.6 Å². The number of hydrogen-bond donors (Lipinski definition) is 1. The molecule has 0 saturated heterocycles. The lowest BCUT2D eigenvalue weighted by Gasteiger charge is -2.11. The molecule has 1 amide bonds. The molecule has 0 saturated carbocycles. The average molecular weight is 399 g/mol. The number of benzene rings is 2. The molecule has 0 spiro atoms. The summed E-state index contributed by atoms with van der Waals surface area (Å²) in [6, 6.07) is 17.7. The Labute approximate surface area is 171 Å². The van der Waals surface area contributed by atoms with E-state index < -0.39 is 0 Å². The first-order valence-electron chi connectivity index (χ1n) is 9.40. The van der Waals surface area contributed by atoms with E-state index in [4.69, 9.17) is 10.3 Å². The second kappa shape index (κ2) is 7.36. The van der Waals surface area contributed by atoms with E-state index in [9.17, 15) is 4.79 Å². The van der Waals surface area contributed by atoms with Crippen molar-refractivity contribution in [3.05, 3.63) is 83.0 Å². The van der Waals surface area contributed by atoms with Gasteiger partial charge in [-0.25, -0.2) is 4.98 Å². The van der Waals surface area contributed by atoms with Gasteiger partial charge in [0.15, 0.2) is 0 Å². The number of aromatic nitrogens is 5. The number of hydrogen-bond acceptors (Lipinski definition) is 8. The molecule has 30 heavy (non-hydrogen) atoms. The second-order valence-electron chi connectivity index (χ2n) is 6.95. The minimum absolute atomic E-state index is 0.0543. The third-order valence-corrected chi connectivity index (χ3v) is 4.84. The fourth-order valence-electron chi connectivity index (χ4n) is 3.41. The van der Waals surface area contributed by atoms with Gasteiger partial charge in [0.2, 0.25) is 17.6 Å². The third-order valence-electron chi connectivity index (χ3n) is 4.84. The Kier molecular flexibility index (Phi) is 4.40. The van der Waals surface area contributed by atoms with Crippen LogP contribution in [0.3, 0.4) is 0 Å². The Morgan fingerprint density at radius 1 is 0.900 bits per heavy atom. The predicted molar refractivity (Wildman–Crippen MR) is 107 cm³/mol. The van der Waals surface area contributed by atoms with Crippen molar-refractivity contribution >= 4 is 11.9 Å². The normalized spacial score (nSPS) is 12.7. The molecular formula is C21H17N7O2. The quantitative estimate of drug-likeness (QED) is 0.554. The molecule has 0 unspecified atom stereocenters. The molecule has 0 radical (unpaired) electrons. The van der Waals surface area contributed by atoms with E-state index in [0.29, 0.717) is 25.3 Å². The monoisotopic (exact) mass is 399 g/mol. The van der Waals surface area contributed by atoms with Gasteiger partial charge in [0.1, 0.15) is 5.82 Å². The highest BCUT2D eigenvalue weighted by molar-refractivity contribution is 5.90. The fraction of sp³-hybridized carbons (Fsp3) is 0.143. The number of nitrogens with zero attached hydrogens (tertiary/aromatic N) is 6. The van der Waals surface area contributed by atoms with Crippen molar-refractivity contribution in [3.63, 3.8) is 0 Å². The molecule has 0 bridgehead atoms. The van der Waals surface area contributed by atoms with E-state index in [-0.39, 0.29) is 29.4 Å². The van der Waals surface area contributed by atoms with E-state index in [2.05, 4.69) is 25.1 Å². The number of fused-ring (bicyclic) bond motifs is 1. The number of nitrogen functional groups attached to an aromatic ring is 1. The van der Waals surface area contributed by atoms with Crippen LogP contribution in [0.25, 0.3) is 11.6 Å². The van der Waals surface area contributed by atoms with Crippen LogP contribution in [0.2, 0.25) is 0 Å². The van der Waals surface area contributed by atoms with Crippen molar-refractivity contribution in [2.24, 2.45) is 0 Å². The molecule has 1 aliphatic heterocycles. The first kappa shape index (κ1) is 17.9. The highest BCUT2D eigenvalue weighted by atomic mass is 16.5. The molecule has 0 atom stereocenters. The summed E-state index contributed by atoms with van der Waals surface area (Å²) in [5.74, 6) is 0.354. The lowest BCUT2D eigenvalue weighted by molar-refractivity contribution is 0.0701. The first-order valence-corrected chi connectivity index (χ1v) is 9.40. The van der Waals surface area contributed by atoms with E-state index in [1.165, 1.54) is 0 Å². The number of anilines is 1. The van der Waals surface area contributed by atoms with Crippen molar-refractivity contribution in [3.8, 4) is 11.6 Å². The van der Waals surface area contributed by atoms with Gasteiger partial charge in [-0.2, -0.15) is 15.0 Å². The van der Waals surface area contributed by atoms with E-state index in [0.717, 1.165) is 16.7 Å². The van der Waals surface area contributed by atoms with Crippen LogP contribution in [0, 0.1) is 0 Å². The van der Waals surface area contributed by atoms with Gasteiger partial charge >= 0.3 is 11.8 Å². The van der Waals surface area contributed by atoms with Crippen molar-refractivity contribution in [2.45, 2.75) is 19.5 Å². The maximum atomic E-state index is 12.8. The fourth-order valence-corrected chi connectivity index (χ4v) is 3.41. The minimum atomic E-state index is -0.337. The van der Waals surface area contributed by atoms with Crippen molar-refractivity contribution in [2.75, 3.05) is 5.73 Å². The number of nitrogens with two attached hydrogens (primary N) is 1. The van der Waals surface area contributed by atoms with Crippen LogP contribution >= 0.6 is 0 Å². The Morgan fingerprint density at radius 3 is 2.33 bits per heavy atom. The lowest BCUT2D eigenvalue weighted by atomic mass is 10.1. The molecule has 2 aromatic carbocycles. The van der Waals surface area contributed by atoms with Crippen LogP contribution in [-0.4, -0.2) is 35.9 Å². The Morgan fingerprint density at radius 2 is 1.60 bits per heavy atom. The highest BCUT2D eigenvalue weighted by Crippen LogP contribution is 2.24. The van der Waals surface area contributed by atoms with Crippen molar-refractivity contribution in [1.82, 2.24) is 30.0 Å². The maximum Gasteiger partial charge on any atom is 0.316 e. The zero-order valence-electron chi connectivity index (χ0n) is 15.9. The minimum Gasteiger partial charge on any atom is -0.368 e. The van der Waals surface area contributed by atoms with Gasteiger partial charge in [0.05, 0.1) is 0 Å².